The number of rotatable bonds is 3. The van der Waals surface area contributed by atoms with Crippen LogP contribution < -0.4 is 5.32 Å². The zero-order valence-corrected chi connectivity index (χ0v) is 14.4. The fraction of sp³-hybridized carbons (Fsp3) is 0.118. The second-order valence-electron chi connectivity index (χ2n) is 5.18. The van der Waals surface area contributed by atoms with E-state index in [1.807, 2.05) is 19.1 Å². The van der Waals surface area contributed by atoms with Gasteiger partial charge in [-0.2, -0.15) is 0 Å². The average Bonchev–Trinajstić information content (AvgIpc) is 3.03. The Morgan fingerprint density at radius 2 is 1.83 bits per heavy atom. The van der Waals surface area contributed by atoms with Crippen LogP contribution in [0.3, 0.4) is 0 Å². The first-order chi connectivity index (χ1) is 11.4. The topological polar surface area (TPSA) is 72.5 Å². The summed E-state index contributed by atoms with van der Waals surface area (Å²) in [5.74, 6) is -1.51. The molecule has 1 aromatic heterocycles. The Bertz CT molecular complexity index is 896. The Labute approximate surface area is 146 Å². The van der Waals surface area contributed by atoms with Crippen molar-refractivity contribution in [2.75, 3.05) is 12.4 Å². The number of aryl methyl sites for hydroxylation is 1. The van der Waals surface area contributed by atoms with E-state index in [1.165, 1.54) is 13.2 Å². The molecule has 1 aromatic carbocycles. The van der Waals surface area contributed by atoms with Gasteiger partial charge in [-0.15, -0.1) is 11.3 Å². The molecular weight excluding hydrogens is 350 g/mol. The van der Waals surface area contributed by atoms with Gasteiger partial charge in [0.15, 0.2) is 0 Å². The average molecular weight is 362 g/mol. The Morgan fingerprint density at radius 1 is 1.17 bits per heavy atom. The van der Waals surface area contributed by atoms with Crippen LogP contribution in [0.15, 0.2) is 41.1 Å². The number of Topliss-reactive ketones (excluding diaryl/α,β-unsaturated/α-hetero) is 2. The van der Waals surface area contributed by atoms with Gasteiger partial charge in [-0.05, 0) is 25.1 Å². The quantitative estimate of drug-likeness (QED) is 0.842. The molecule has 0 fully saturated rings. The summed E-state index contributed by atoms with van der Waals surface area (Å²) < 4.78 is 4.63. The van der Waals surface area contributed by atoms with E-state index >= 15 is 0 Å². The SMILES string of the molecule is COC(=O)c1cc2c(s1)C(=O)C(Cl)=C(Nc1ccc(C)cc1)C2=O. The van der Waals surface area contributed by atoms with Crippen molar-refractivity contribution in [2.45, 2.75) is 6.92 Å². The predicted molar refractivity (Wildman–Crippen MR) is 92.0 cm³/mol. The minimum Gasteiger partial charge on any atom is -0.465 e. The largest absolute Gasteiger partial charge is 0.465 e. The van der Waals surface area contributed by atoms with Crippen LogP contribution in [0.2, 0.25) is 0 Å². The van der Waals surface area contributed by atoms with Crippen molar-refractivity contribution in [3.63, 3.8) is 0 Å². The number of carbonyl (C=O) groups is 3. The minimum atomic E-state index is -0.598. The maximum atomic E-state index is 12.7. The van der Waals surface area contributed by atoms with Crippen molar-refractivity contribution < 1.29 is 19.1 Å². The van der Waals surface area contributed by atoms with E-state index < -0.39 is 17.5 Å². The van der Waals surface area contributed by atoms with E-state index in [0.717, 1.165) is 16.9 Å². The molecule has 3 rings (SSSR count). The fourth-order valence-corrected chi connectivity index (χ4v) is 3.57. The molecular formula is C17H12ClNO4S. The van der Waals surface area contributed by atoms with Crippen LogP contribution in [0.5, 0.6) is 0 Å². The third kappa shape index (κ3) is 2.74. The summed E-state index contributed by atoms with van der Waals surface area (Å²) in [5.41, 5.74) is 1.87. The van der Waals surface area contributed by atoms with Gasteiger partial charge in [-0.25, -0.2) is 4.79 Å². The van der Waals surface area contributed by atoms with E-state index in [4.69, 9.17) is 11.6 Å². The number of allylic oxidation sites excluding steroid dienone is 2. The first kappa shape index (κ1) is 16.4. The number of benzene rings is 1. The minimum absolute atomic E-state index is 0.00670. The summed E-state index contributed by atoms with van der Waals surface area (Å²) in [5, 5.41) is 2.71. The number of halogens is 1. The highest BCUT2D eigenvalue weighted by atomic mass is 35.5. The van der Waals surface area contributed by atoms with Gasteiger partial charge in [-0.3, -0.25) is 9.59 Å². The van der Waals surface area contributed by atoms with Crippen LogP contribution in [0.1, 0.15) is 35.3 Å². The van der Waals surface area contributed by atoms with Crippen LogP contribution in [0.25, 0.3) is 0 Å². The van der Waals surface area contributed by atoms with Gasteiger partial charge >= 0.3 is 5.97 Å². The van der Waals surface area contributed by atoms with E-state index in [2.05, 4.69) is 10.1 Å². The molecule has 0 amide bonds. The molecule has 0 saturated heterocycles. The van der Waals surface area contributed by atoms with Crippen LogP contribution in [0, 0.1) is 6.92 Å². The molecule has 24 heavy (non-hydrogen) atoms. The normalized spacial score (nSPS) is 13.8. The highest BCUT2D eigenvalue weighted by molar-refractivity contribution is 7.16. The molecule has 0 unspecified atom stereocenters. The van der Waals surface area contributed by atoms with E-state index in [0.29, 0.717) is 5.69 Å². The van der Waals surface area contributed by atoms with Crippen molar-refractivity contribution in [3.05, 3.63) is 61.9 Å². The molecule has 0 atom stereocenters. The summed E-state index contributed by atoms with van der Waals surface area (Å²) in [6.45, 7) is 1.94. The van der Waals surface area contributed by atoms with Gasteiger partial charge < -0.3 is 10.1 Å². The second-order valence-corrected chi connectivity index (χ2v) is 6.61. The Hall–Kier alpha value is -2.44. The zero-order chi connectivity index (χ0) is 17.4. The van der Waals surface area contributed by atoms with Gasteiger partial charge in [0.05, 0.1) is 12.0 Å². The number of nitrogens with one attached hydrogen (secondary N) is 1. The van der Waals surface area contributed by atoms with Crippen molar-refractivity contribution in [2.24, 2.45) is 0 Å². The Kier molecular flexibility index (Phi) is 4.26. The number of thiophene rings is 1. The lowest BCUT2D eigenvalue weighted by molar-refractivity contribution is 0.0606. The standard InChI is InChI=1S/C17H12ClNO4S/c1-8-3-5-9(6-4-8)19-13-12(18)15(21)16-10(14(13)20)7-11(24-16)17(22)23-2/h3-7,19H,1-2H3. The first-order valence-electron chi connectivity index (χ1n) is 6.97. The number of anilines is 1. The lowest BCUT2D eigenvalue weighted by Gasteiger charge is -2.16. The lowest BCUT2D eigenvalue weighted by Crippen LogP contribution is -2.22. The molecule has 1 heterocycles. The zero-order valence-electron chi connectivity index (χ0n) is 12.8. The van der Waals surface area contributed by atoms with Crippen molar-refractivity contribution in [3.8, 4) is 0 Å². The summed E-state index contributed by atoms with van der Waals surface area (Å²) in [6.07, 6.45) is 0. The number of ketones is 2. The number of methoxy groups -OCH3 is 1. The van der Waals surface area contributed by atoms with Gasteiger partial charge in [0.25, 0.3) is 0 Å². The third-order valence-corrected chi connectivity index (χ3v) is 5.01. The molecule has 0 saturated carbocycles. The Morgan fingerprint density at radius 3 is 2.46 bits per heavy atom. The lowest BCUT2D eigenvalue weighted by atomic mass is 9.99. The highest BCUT2D eigenvalue weighted by Crippen LogP contribution is 2.35. The van der Waals surface area contributed by atoms with E-state index in [1.54, 1.807) is 12.1 Å². The van der Waals surface area contributed by atoms with E-state index in [-0.39, 0.29) is 26.0 Å². The maximum Gasteiger partial charge on any atom is 0.348 e. The molecule has 1 aliphatic carbocycles. The summed E-state index contributed by atoms with van der Waals surface area (Å²) in [4.78, 5) is 37.1. The molecule has 0 bridgehead atoms. The van der Waals surface area contributed by atoms with Crippen LogP contribution in [-0.4, -0.2) is 24.6 Å². The van der Waals surface area contributed by atoms with Crippen LogP contribution >= 0.6 is 22.9 Å². The van der Waals surface area contributed by atoms with Crippen molar-refractivity contribution in [1.82, 2.24) is 0 Å². The number of ether oxygens (including phenoxy) is 1. The van der Waals surface area contributed by atoms with Gasteiger partial charge in [0.1, 0.15) is 15.6 Å². The number of fused-ring (bicyclic) bond motifs is 1. The third-order valence-electron chi connectivity index (χ3n) is 3.54. The first-order valence-corrected chi connectivity index (χ1v) is 8.17. The molecule has 1 N–H and O–H groups in total. The van der Waals surface area contributed by atoms with E-state index in [9.17, 15) is 14.4 Å². The summed E-state index contributed by atoms with van der Waals surface area (Å²) in [7, 11) is 1.24. The van der Waals surface area contributed by atoms with Crippen LogP contribution in [-0.2, 0) is 4.74 Å². The molecule has 0 aliphatic heterocycles. The monoisotopic (exact) mass is 361 g/mol. The molecule has 5 nitrogen and oxygen atoms in total. The molecule has 0 spiro atoms. The summed E-state index contributed by atoms with van der Waals surface area (Å²) >= 11 is 7.00. The van der Waals surface area contributed by atoms with Crippen LogP contribution in [0.4, 0.5) is 5.69 Å². The van der Waals surface area contributed by atoms with Gasteiger partial charge in [0, 0.05) is 11.3 Å². The highest BCUT2D eigenvalue weighted by Gasteiger charge is 2.35. The van der Waals surface area contributed by atoms with Crippen molar-refractivity contribution in [1.29, 1.82) is 0 Å². The second kappa shape index (κ2) is 6.22. The summed E-state index contributed by atoms with van der Waals surface area (Å²) in [6, 6.07) is 8.68. The Balaban J connectivity index is 1.99. The van der Waals surface area contributed by atoms with Crippen molar-refractivity contribution >= 4 is 46.2 Å². The number of carbonyl (C=O) groups excluding carboxylic acids is 3. The predicted octanol–water partition coefficient (Wildman–Crippen LogP) is 3.78. The fourth-order valence-electron chi connectivity index (χ4n) is 2.27. The smallest absolute Gasteiger partial charge is 0.348 e. The molecule has 7 heteroatoms. The molecule has 122 valence electrons. The molecule has 0 radical (unpaired) electrons. The maximum absolute atomic E-state index is 12.7. The van der Waals surface area contributed by atoms with Gasteiger partial charge in [0.2, 0.25) is 11.6 Å². The molecule has 2 aromatic rings. The molecule has 1 aliphatic rings. The van der Waals surface area contributed by atoms with Gasteiger partial charge in [-0.1, -0.05) is 29.3 Å². The number of hydrogen-bond donors (Lipinski definition) is 1. The number of hydrogen-bond acceptors (Lipinski definition) is 6. The number of esters is 1.